The maximum Gasteiger partial charge on any atom is 0.251 e. The van der Waals surface area contributed by atoms with Gasteiger partial charge in [0.15, 0.2) is 0 Å². The highest BCUT2D eigenvalue weighted by Crippen LogP contribution is 2.22. The Morgan fingerprint density at radius 2 is 1.64 bits per heavy atom. The van der Waals surface area contributed by atoms with E-state index in [1.54, 1.807) is 19.1 Å². The molecule has 0 aliphatic heterocycles. The van der Waals surface area contributed by atoms with Crippen LogP contribution < -0.4 is 16.0 Å². The molecule has 0 spiro atoms. The third-order valence-electron chi connectivity index (χ3n) is 3.75. The van der Waals surface area contributed by atoms with E-state index in [1.165, 1.54) is 0 Å². The second-order valence-electron chi connectivity index (χ2n) is 7.09. The Balaban J connectivity index is 2.52. The van der Waals surface area contributed by atoms with Gasteiger partial charge in [0.05, 0.1) is 6.54 Å². The lowest BCUT2D eigenvalue weighted by atomic mass is 9.86. The minimum Gasteiger partial charge on any atom is -0.355 e. The Hall–Kier alpha value is -2.37. The summed E-state index contributed by atoms with van der Waals surface area (Å²) in [6, 6.07) is 6.60. The van der Waals surface area contributed by atoms with Crippen LogP contribution in [0, 0.1) is 0 Å². The van der Waals surface area contributed by atoms with Crippen LogP contribution >= 0.6 is 0 Å². The van der Waals surface area contributed by atoms with E-state index in [4.69, 9.17) is 0 Å². The normalized spacial score (nSPS) is 12.2. The van der Waals surface area contributed by atoms with Crippen LogP contribution in [0.5, 0.6) is 0 Å². The van der Waals surface area contributed by atoms with E-state index in [2.05, 4.69) is 36.7 Å². The van der Waals surface area contributed by atoms with Crippen molar-refractivity contribution in [3.63, 3.8) is 0 Å². The molecule has 0 fully saturated rings. The summed E-state index contributed by atoms with van der Waals surface area (Å²) in [7, 11) is 0. The fourth-order valence-corrected chi connectivity index (χ4v) is 2.11. The van der Waals surface area contributed by atoms with Gasteiger partial charge in [0.2, 0.25) is 11.8 Å². The van der Waals surface area contributed by atoms with Gasteiger partial charge in [-0.2, -0.15) is 0 Å². The maximum absolute atomic E-state index is 12.2. The molecule has 1 rings (SSSR count). The van der Waals surface area contributed by atoms with Gasteiger partial charge in [-0.05, 0) is 36.5 Å². The molecular formula is C19H29N3O3. The van der Waals surface area contributed by atoms with E-state index in [-0.39, 0.29) is 23.8 Å². The molecule has 0 saturated heterocycles. The molecule has 138 valence electrons. The van der Waals surface area contributed by atoms with Crippen LogP contribution in [0.15, 0.2) is 24.3 Å². The Kier molecular flexibility index (Phi) is 7.61. The summed E-state index contributed by atoms with van der Waals surface area (Å²) >= 11 is 0. The third-order valence-corrected chi connectivity index (χ3v) is 3.75. The molecule has 0 heterocycles. The first-order valence-electron chi connectivity index (χ1n) is 8.61. The summed E-state index contributed by atoms with van der Waals surface area (Å²) in [6.45, 7) is 10.3. The summed E-state index contributed by atoms with van der Waals surface area (Å²) in [5.41, 5.74) is 1.64. The first-order chi connectivity index (χ1) is 11.6. The number of nitrogens with one attached hydrogen (secondary N) is 3. The van der Waals surface area contributed by atoms with Crippen LogP contribution in [-0.2, 0) is 15.0 Å². The summed E-state index contributed by atoms with van der Waals surface area (Å²) in [6.07, 6.45) is 0.833. The smallest absolute Gasteiger partial charge is 0.251 e. The fraction of sp³-hybridized carbons (Fsp3) is 0.526. The standard InChI is InChI=1S/C19H29N3O3/c1-6-11-20-16(23)12-21-17(24)13(2)22-18(25)14-7-9-15(10-8-14)19(3,4)5/h7-10,13H,6,11-12H2,1-5H3,(H,20,23)(H,21,24)(H,22,25). The van der Waals surface area contributed by atoms with Crippen LogP contribution in [0.4, 0.5) is 0 Å². The summed E-state index contributed by atoms with van der Waals surface area (Å²) < 4.78 is 0. The first-order valence-corrected chi connectivity index (χ1v) is 8.61. The van der Waals surface area contributed by atoms with E-state index in [1.807, 2.05) is 19.1 Å². The van der Waals surface area contributed by atoms with E-state index < -0.39 is 11.9 Å². The van der Waals surface area contributed by atoms with Crippen molar-refractivity contribution < 1.29 is 14.4 Å². The number of carbonyl (C=O) groups excluding carboxylic acids is 3. The molecule has 1 aromatic carbocycles. The summed E-state index contributed by atoms with van der Waals surface area (Å²) in [4.78, 5) is 35.7. The topological polar surface area (TPSA) is 87.3 Å². The van der Waals surface area contributed by atoms with Crippen molar-refractivity contribution in [3.8, 4) is 0 Å². The van der Waals surface area contributed by atoms with Gasteiger partial charge in [-0.1, -0.05) is 39.8 Å². The van der Waals surface area contributed by atoms with Crippen molar-refractivity contribution >= 4 is 17.7 Å². The minimum absolute atomic E-state index is 0.0144. The average molecular weight is 347 g/mol. The largest absolute Gasteiger partial charge is 0.355 e. The molecule has 0 bridgehead atoms. The Morgan fingerprint density at radius 3 is 2.16 bits per heavy atom. The van der Waals surface area contributed by atoms with Gasteiger partial charge in [-0.3, -0.25) is 14.4 Å². The SMILES string of the molecule is CCCNC(=O)CNC(=O)C(C)NC(=O)c1ccc(C(C)(C)C)cc1. The van der Waals surface area contributed by atoms with Gasteiger partial charge in [0.1, 0.15) is 6.04 Å². The van der Waals surface area contributed by atoms with Gasteiger partial charge in [-0.25, -0.2) is 0 Å². The molecule has 0 aromatic heterocycles. The molecule has 3 amide bonds. The predicted molar refractivity (Wildman–Crippen MR) is 98.4 cm³/mol. The van der Waals surface area contributed by atoms with Crippen LogP contribution in [0.3, 0.4) is 0 Å². The number of hydrogen-bond donors (Lipinski definition) is 3. The highest BCUT2D eigenvalue weighted by molar-refractivity contribution is 5.97. The Bertz CT molecular complexity index is 603. The number of carbonyl (C=O) groups is 3. The molecule has 1 unspecified atom stereocenters. The van der Waals surface area contributed by atoms with Gasteiger partial charge in [0, 0.05) is 12.1 Å². The number of hydrogen-bond acceptors (Lipinski definition) is 3. The first kappa shape index (κ1) is 20.7. The summed E-state index contributed by atoms with van der Waals surface area (Å²) in [5.74, 6) is -0.962. The minimum atomic E-state index is -0.728. The Labute approximate surface area is 149 Å². The van der Waals surface area contributed by atoms with E-state index >= 15 is 0 Å². The molecular weight excluding hydrogens is 318 g/mol. The van der Waals surface area contributed by atoms with Crippen LogP contribution in [0.25, 0.3) is 0 Å². The fourth-order valence-electron chi connectivity index (χ4n) is 2.11. The third kappa shape index (κ3) is 6.95. The second-order valence-corrected chi connectivity index (χ2v) is 7.09. The predicted octanol–water partition coefficient (Wildman–Crippen LogP) is 1.74. The quantitative estimate of drug-likeness (QED) is 0.702. The van der Waals surface area contributed by atoms with Crippen molar-refractivity contribution in [2.45, 2.75) is 52.5 Å². The Morgan fingerprint density at radius 1 is 1.04 bits per heavy atom. The molecule has 1 atom stereocenters. The highest BCUT2D eigenvalue weighted by atomic mass is 16.2. The zero-order valence-electron chi connectivity index (χ0n) is 15.7. The van der Waals surface area contributed by atoms with E-state index in [0.29, 0.717) is 12.1 Å². The summed E-state index contributed by atoms with van der Waals surface area (Å²) in [5, 5.41) is 7.82. The van der Waals surface area contributed by atoms with Crippen LogP contribution in [0.2, 0.25) is 0 Å². The molecule has 0 aliphatic carbocycles. The molecule has 6 heteroatoms. The molecule has 3 N–H and O–H groups in total. The monoisotopic (exact) mass is 347 g/mol. The zero-order valence-corrected chi connectivity index (χ0v) is 15.7. The zero-order chi connectivity index (χ0) is 19.0. The highest BCUT2D eigenvalue weighted by Gasteiger charge is 2.18. The van der Waals surface area contributed by atoms with Gasteiger partial charge in [0.25, 0.3) is 5.91 Å². The molecule has 1 aromatic rings. The number of amides is 3. The van der Waals surface area contributed by atoms with Crippen LogP contribution in [0.1, 0.15) is 57.0 Å². The number of benzene rings is 1. The van der Waals surface area contributed by atoms with Crippen molar-refractivity contribution in [1.82, 2.24) is 16.0 Å². The second kappa shape index (κ2) is 9.20. The van der Waals surface area contributed by atoms with Crippen LogP contribution in [-0.4, -0.2) is 36.9 Å². The number of rotatable bonds is 7. The molecule has 0 saturated carbocycles. The molecule has 0 radical (unpaired) electrons. The maximum atomic E-state index is 12.2. The van der Waals surface area contributed by atoms with E-state index in [9.17, 15) is 14.4 Å². The molecule has 25 heavy (non-hydrogen) atoms. The lowest BCUT2D eigenvalue weighted by Crippen LogP contribution is -2.47. The van der Waals surface area contributed by atoms with Gasteiger partial charge >= 0.3 is 0 Å². The lowest BCUT2D eigenvalue weighted by molar-refractivity contribution is -0.126. The van der Waals surface area contributed by atoms with Crippen molar-refractivity contribution in [1.29, 1.82) is 0 Å². The van der Waals surface area contributed by atoms with Gasteiger partial charge < -0.3 is 16.0 Å². The van der Waals surface area contributed by atoms with Gasteiger partial charge in [-0.15, -0.1) is 0 Å². The molecule has 6 nitrogen and oxygen atoms in total. The lowest BCUT2D eigenvalue weighted by Gasteiger charge is -2.19. The van der Waals surface area contributed by atoms with Crippen molar-refractivity contribution in [3.05, 3.63) is 35.4 Å². The van der Waals surface area contributed by atoms with Crippen molar-refractivity contribution in [2.75, 3.05) is 13.1 Å². The molecule has 0 aliphatic rings. The van der Waals surface area contributed by atoms with Crippen molar-refractivity contribution in [2.24, 2.45) is 0 Å². The van der Waals surface area contributed by atoms with E-state index in [0.717, 1.165) is 12.0 Å². The average Bonchev–Trinajstić information content (AvgIpc) is 2.56.